The first-order chi connectivity index (χ1) is 10.7. The summed E-state index contributed by atoms with van der Waals surface area (Å²) in [4.78, 5) is 13.1. The highest BCUT2D eigenvalue weighted by Crippen LogP contribution is 2.65. The molecule has 0 bridgehead atoms. The van der Waals surface area contributed by atoms with Crippen LogP contribution in [-0.4, -0.2) is 33.0 Å². The van der Waals surface area contributed by atoms with Crippen molar-refractivity contribution in [2.24, 2.45) is 28.6 Å². The molecule has 0 aromatic rings. The van der Waals surface area contributed by atoms with Gasteiger partial charge in [-0.2, -0.15) is 0 Å². The van der Waals surface area contributed by atoms with E-state index in [4.69, 9.17) is 0 Å². The summed E-state index contributed by atoms with van der Waals surface area (Å²) in [7, 11) is 0. The number of aliphatic hydroxyl groups excluding tert-OH is 1. The molecule has 4 nitrogen and oxygen atoms in total. The summed E-state index contributed by atoms with van der Waals surface area (Å²) in [6, 6.07) is 0. The van der Waals surface area contributed by atoms with Gasteiger partial charge < -0.3 is 15.3 Å². The Morgan fingerprint density at radius 2 is 1.96 bits per heavy atom. The molecular weight excluding hydrogens is 292 g/mol. The Labute approximate surface area is 137 Å². The molecule has 0 aliphatic heterocycles. The van der Waals surface area contributed by atoms with Gasteiger partial charge in [-0.05, 0) is 56.3 Å². The Bertz CT molecular complexity index is 580. The van der Waals surface area contributed by atoms with E-state index >= 15 is 0 Å². The first kappa shape index (κ1) is 15.8. The first-order valence-electron chi connectivity index (χ1n) is 9.07. The van der Waals surface area contributed by atoms with Crippen molar-refractivity contribution in [3.8, 4) is 0 Å². The van der Waals surface area contributed by atoms with Gasteiger partial charge in [0, 0.05) is 12.3 Å². The molecule has 23 heavy (non-hydrogen) atoms. The lowest BCUT2D eigenvalue weighted by Crippen LogP contribution is -2.66. The zero-order chi connectivity index (χ0) is 16.6. The quantitative estimate of drug-likeness (QED) is 0.472. The van der Waals surface area contributed by atoms with Crippen LogP contribution in [-0.2, 0) is 4.79 Å². The van der Waals surface area contributed by atoms with E-state index in [1.807, 2.05) is 0 Å². The summed E-state index contributed by atoms with van der Waals surface area (Å²) in [6.07, 6.45) is 6.78. The lowest BCUT2D eigenvalue weighted by Gasteiger charge is -2.60. The summed E-state index contributed by atoms with van der Waals surface area (Å²) < 4.78 is 0. The Hall–Kier alpha value is -0.710. The molecule has 3 saturated carbocycles. The molecule has 4 aliphatic carbocycles. The van der Waals surface area contributed by atoms with E-state index in [0.29, 0.717) is 25.2 Å². The van der Waals surface area contributed by atoms with Crippen molar-refractivity contribution in [3.63, 3.8) is 0 Å². The fourth-order valence-electron chi connectivity index (χ4n) is 6.60. The molecule has 1 unspecified atom stereocenters. The lowest BCUT2D eigenvalue weighted by molar-refractivity contribution is -0.306. The van der Waals surface area contributed by atoms with Crippen molar-refractivity contribution >= 4 is 5.78 Å². The number of allylic oxidation sites excluding steroid dienone is 1. The van der Waals surface area contributed by atoms with Crippen LogP contribution in [0.5, 0.6) is 0 Å². The van der Waals surface area contributed by atoms with Gasteiger partial charge in [0.25, 0.3) is 0 Å². The third-order valence-electron chi connectivity index (χ3n) is 7.87. The fourth-order valence-corrected chi connectivity index (χ4v) is 6.60. The Morgan fingerprint density at radius 3 is 2.70 bits per heavy atom. The van der Waals surface area contributed by atoms with E-state index in [1.54, 1.807) is 6.92 Å². The van der Waals surface area contributed by atoms with Gasteiger partial charge in [-0.25, -0.2) is 0 Å². The largest absolute Gasteiger partial charge is 0.387 e. The van der Waals surface area contributed by atoms with E-state index in [-0.39, 0.29) is 23.0 Å². The SMILES string of the molecule is C[C@@]12CCC[C@H]1[C@@H]1CC=C3CCC(O)C(O)(O)[C@]3(C)[C@H]1C(=O)C2. The van der Waals surface area contributed by atoms with Crippen molar-refractivity contribution in [1.82, 2.24) is 0 Å². The smallest absolute Gasteiger partial charge is 0.199 e. The van der Waals surface area contributed by atoms with Crippen LogP contribution in [0.4, 0.5) is 0 Å². The molecule has 0 radical (unpaired) electrons. The van der Waals surface area contributed by atoms with Crippen molar-refractivity contribution < 1.29 is 20.1 Å². The van der Waals surface area contributed by atoms with Crippen molar-refractivity contribution in [3.05, 3.63) is 11.6 Å². The van der Waals surface area contributed by atoms with Crippen LogP contribution in [0.3, 0.4) is 0 Å². The second kappa shape index (κ2) is 4.68. The maximum Gasteiger partial charge on any atom is 0.199 e. The van der Waals surface area contributed by atoms with Crippen LogP contribution in [0.15, 0.2) is 11.6 Å². The van der Waals surface area contributed by atoms with Crippen LogP contribution < -0.4 is 0 Å². The number of aliphatic hydroxyl groups is 3. The zero-order valence-electron chi connectivity index (χ0n) is 14.1. The number of rotatable bonds is 0. The molecule has 128 valence electrons. The first-order valence-corrected chi connectivity index (χ1v) is 9.07. The summed E-state index contributed by atoms with van der Waals surface area (Å²) >= 11 is 0. The maximum absolute atomic E-state index is 13.1. The van der Waals surface area contributed by atoms with Gasteiger partial charge in [0.15, 0.2) is 5.79 Å². The zero-order valence-corrected chi connectivity index (χ0v) is 14.1. The van der Waals surface area contributed by atoms with Gasteiger partial charge in [0.2, 0.25) is 0 Å². The van der Waals surface area contributed by atoms with Crippen LogP contribution >= 0.6 is 0 Å². The molecule has 4 heteroatoms. The van der Waals surface area contributed by atoms with E-state index in [0.717, 1.165) is 31.3 Å². The maximum atomic E-state index is 13.1. The van der Waals surface area contributed by atoms with Gasteiger partial charge >= 0.3 is 0 Å². The van der Waals surface area contributed by atoms with Crippen molar-refractivity contribution in [1.29, 1.82) is 0 Å². The average molecular weight is 320 g/mol. The molecule has 4 aliphatic rings. The summed E-state index contributed by atoms with van der Waals surface area (Å²) in [5.41, 5.74) is -0.000865. The van der Waals surface area contributed by atoms with Crippen molar-refractivity contribution in [2.45, 2.75) is 70.7 Å². The molecule has 3 fully saturated rings. The normalized spacial score (nSPS) is 51.5. The topological polar surface area (TPSA) is 77.8 Å². The molecule has 0 amide bonds. The van der Waals surface area contributed by atoms with Gasteiger partial charge in [0.05, 0.1) is 5.41 Å². The average Bonchev–Trinajstić information content (AvgIpc) is 2.85. The van der Waals surface area contributed by atoms with Gasteiger partial charge in [-0.3, -0.25) is 4.79 Å². The van der Waals surface area contributed by atoms with E-state index < -0.39 is 17.3 Å². The molecule has 4 rings (SSSR count). The second-order valence-corrected chi connectivity index (χ2v) is 8.89. The lowest BCUT2D eigenvalue weighted by atomic mass is 9.46. The highest BCUT2D eigenvalue weighted by atomic mass is 16.5. The van der Waals surface area contributed by atoms with E-state index in [2.05, 4.69) is 13.0 Å². The summed E-state index contributed by atoms with van der Waals surface area (Å²) in [5, 5.41) is 31.8. The Kier molecular flexibility index (Phi) is 3.21. The van der Waals surface area contributed by atoms with Crippen LogP contribution in [0, 0.1) is 28.6 Å². The minimum atomic E-state index is -2.22. The van der Waals surface area contributed by atoms with Crippen LogP contribution in [0.25, 0.3) is 0 Å². The molecule has 0 aromatic heterocycles. The molecular formula is C19H28O4. The fraction of sp³-hybridized carbons (Fsp3) is 0.842. The summed E-state index contributed by atoms with van der Waals surface area (Å²) in [6.45, 7) is 4.04. The Balaban J connectivity index is 1.83. The number of Topliss-reactive ketones (excluding diaryl/α,β-unsaturated/α-hetero) is 1. The van der Waals surface area contributed by atoms with Gasteiger partial charge in [-0.1, -0.05) is 25.0 Å². The van der Waals surface area contributed by atoms with Crippen molar-refractivity contribution in [2.75, 3.05) is 0 Å². The standard InChI is InChI=1S/C19H28O4/c1-17-9-3-4-13(17)12-7-5-11-6-8-15(21)19(22,23)18(11,2)16(12)14(20)10-17/h5,12-13,15-16,21-23H,3-4,6-10H2,1-2H3/t12-,13-,15?,16+,17-,18-/m0/s1. The molecule has 6 atom stereocenters. The van der Waals surface area contributed by atoms with Crippen LogP contribution in [0.2, 0.25) is 0 Å². The number of carbonyl (C=O) groups is 1. The third-order valence-corrected chi connectivity index (χ3v) is 7.87. The van der Waals surface area contributed by atoms with Crippen LogP contribution in [0.1, 0.15) is 58.8 Å². The number of carbonyl (C=O) groups excluding carboxylic acids is 1. The monoisotopic (exact) mass is 320 g/mol. The minimum absolute atomic E-state index is 0.0841. The second-order valence-electron chi connectivity index (χ2n) is 8.89. The molecule has 3 N–H and O–H groups in total. The predicted molar refractivity (Wildman–Crippen MR) is 85.3 cm³/mol. The number of fused-ring (bicyclic) bond motifs is 5. The van der Waals surface area contributed by atoms with E-state index in [1.165, 1.54) is 0 Å². The molecule has 0 saturated heterocycles. The van der Waals surface area contributed by atoms with Gasteiger partial charge in [0.1, 0.15) is 11.9 Å². The highest BCUT2D eigenvalue weighted by molar-refractivity contribution is 5.85. The third kappa shape index (κ3) is 1.80. The number of ketones is 1. The predicted octanol–water partition coefficient (Wildman–Crippen LogP) is 2.17. The molecule has 0 spiro atoms. The minimum Gasteiger partial charge on any atom is -0.387 e. The Morgan fingerprint density at radius 1 is 1.22 bits per heavy atom. The molecule has 0 heterocycles. The molecule has 0 aromatic carbocycles. The highest BCUT2D eigenvalue weighted by Gasteiger charge is 2.67. The summed E-state index contributed by atoms with van der Waals surface area (Å²) in [5.74, 6) is -1.76. The number of hydrogen-bond donors (Lipinski definition) is 3. The van der Waals surface area contributed by atoms with E-state index in [9.17, 15) is 20.1 Å². The van der Waals surface area contributed by atoms with Gasteiger partial charge in [-0.15, -0.1) is 0 Å². The number of hydrogen-bond acceptors (Lipinski definition) is 4.